The van der Waals surface area contributed by atoms with Crippen LogP contribution in [0, 0.1) is 11.3 Å². The van der Waals surface area contributed by atoms with Crippen molar-refractivity contribution in [3.05, 3.63) is 0 Å². The van der Waals surface area contributed by atoms with E-state index in [9.17, 15) is 0 Å². The average Bonchev–Trinajstić information content (AvgIpc) is 2.25. The van der Waals surface area contributed by atoms with Gasteiger partial charge in [-0.05, 0) is 30.7 Å². The first-order chi connectivity index (χ1) is 6.64. The summed E-state index contributed by atoms with van der Waals surface area (Å²) in [6.45, 7) is 11.2. The molecule has 0 heterocycles. The molecule has 2 heteroatoms. The molecule has 0 aromatic carbocycles. The molecule has 0 radical (unpaired) electrons. The minimum atomic E-state index is 0.315. The van der Waals surface area contributed by atoms with Crippen molar-refractivity contribution in [2.24, 2.45) is 11.3 Å². The maximum absolute atomic E-state index is 6.03. The number of rotatable bonds is 8. The number of halogens is 1. The molecule has 0 aliphatic rings. The first-order valence-electron chi connectivity index (χ1n) is 5.90. The highest BCUT2D eigenvalue weighted by atomic mass is 35.5. The summed E-state index contributed by atoms with van der Waals surface area (Å²) >= 11 is 6.03. The number of hydrogen-bond donors (Lipinski definition) is 1. The Hall–Kier alpha value is 0.250. The molecule has 0 aliphatic carbocycles. The number of nitrogens with one attached hydrogen (secondary N) is 1. The van der Waals surface area contributed by atoms with Gasteiger partial charge in [0.05, 0.1) is 0 Å². The van der Waals surface area contributed by atoms with Crippen molar-refractivity contribution in [1.29, 1.82) is 0 Å². The fraction of sp³-hybridized carbons (Fsp3) is 1.00. The smallest absolute Gasteiger partial charge is 0.0291 e. The van der Waals surface area contributed by atoms with Gasteiger partial charge in [0.1, 0.15) is 0 Å². The monoisotopic (exact) mass is 219 g/mol. The van der Waals surface area contributed by atoms with Gasteiger partial charge < -0.3 is 5.32 Å². The SMILES string of the molecule is CCC(C)CNCC(CC)(CC)CCl. The van der Waals surface area contributed by atoms with E-state index in [2.05, 4.69) is 33.0 Å². The minimum Gasteiger partial charge on any atom is -0.316 e. The van der Waals surface area contributed by atoms with Crippen molar-refractivity contribution in [3.8, 4) is 0 Å². The maximum Gasteiger partial charge on any atom is 0.0291 e. The second-order valence-corrected chi connectivity index (χ2v) is 4.75. The van der Waals surface area contributed by atoms with Crippen LogP contribution < -0.4 is 5.32 Å². The predicted molar refractivity (Wildman–Crippen MR) is 66.1 cm³/mol. The van der Waals surface area contributed by atoms with Crippen molar-refractivity contribution in [3.63, 3.8) is 0 Å². The fourth-order valence-corrected chi connectivity index (χ4v) is 1.94. The van der Waals surface area contributed by atoms with Gasteiger partial charge in [-0.1, -0.05) is 34.1 Å². The molecule has 0 aromatic heterocycles. The van der Waals surface area contributed by atoms with Crippen LogP contribution in [-0.2, 0) is 0 Å². The zero-order valence-corrected chi connectivity index (χ0v) is 11.0. The van der Waals surface area contributed by atoms with Crippen molar-refractivity contribution in [1.82, 2.24) is 5.32 Å². The Morgan fingerprint density at radius 1 is 1.21 bits per heavy atom. The van der Waals surface area contributed by atoms with Gasteiger partial charge in [-0.3, -0.25) is 0 Å². The average molecular weight is 220 g/mol. The van der Waals surface area contributed by atoms with E-state index >= 15 is 0 Å². The van der Waals surface area contributed by atoms with Gasteiger partial charge in [0, 0.05) is 12.4 Å². The lowest BCUT2D eigenvalue weighted by Crippen LogP contribution is -2.36. The summed E-state index contributed by atoms with van der Waals surface area (Å²) in [5, 5.41) is 3.55. The fourth-order valence-electron chi connectivity index (χ4n) is 1.46. The molecule has 0 amide bonds. The maximum atomic E-state index is 6.03. The second-order valence-electron chi connectivity index (χ2n) is 4.49. The number of alkyl halides is 1. The van der Waals surface area contributed by atoms with E-state index in [1.165, 1.54) is 19.3 Å². The third-order valence-corrected chi connectivity index (χ3v) is 4.04. The highest BCUT2D eigenvalue weighted by Crippen LogP contribution is 2.26. The molecule has 0 saturated carbocycles. The van der Waals surface area contributed by atoms with Crippen LogP contribution in [0.3, 0.4) is 0 Å². The zero-order chi connectivity index (χ0) is 11.0. The van der Waals surface area contributed by atoms with Crippen molar-refractivity contribution >= 4 is 11.6 Å². The van der Waals surface area contributed by atoms with Crippen LogP contribution in [0.15, 0.2) is 0 Å². The molecule has 1 atom stereocenters. The summed E-state index contributed by atoms with van der Waals surface area (Å²) in [7, 11) is 0. The normalized spacial score (nSPS) is 14.4. The van der Waals surface area contributed by atoms with Crippen LogP contribution in [-0.4, -0.2) is 19.0 Å². The molecule has 1 unspecified atom stereocenters. The van der Waals surface area contributed by atoms with Gasteiger partial charge in [-0.2, -0.15) is 0 Å². The van der Waals surface area contributed by atoms with Gasteiger partial charge in [0.15, 0.2) is 0 Å². The summed E-state index contributed by atoms with van der Waals surface area (Å²) in [4.78, 5) is 0. The summed E-state index contributed by atoms with van der Waals surface area (Å²) < 4.78 is 0. The van der Waals surface area contributed by atoms with E-state index in [1.807, 2.05) is 0 Å². The van der Waals surface area contributed by atoms with Gasteiger partial charge in [0.25, 0.3) is 0 Å². The van der Waals surface area contributed by atoms with E-state index in [-0.39, 0.29) is 0 Å². The van der Waals surface area contributed by atoms with Crippen LogP contribution in [0.1, 0.15) is 47.0 Å². The standard InChI is InChI=1S/C12H26ClN/c1-5-11(4)8-14-10-12(6-2,7-3)9-13/h11,14H,5-10H2,1-4H3. The molecular weight excluding hydrogens is 194 g/mol. The molecular formula is C12H26ClN. The molecule has 14 heavy (non-hydrogen) atoms. The predicted octanol–water partition coefficient (Wildman–Crippen LogP) is 3.67. The van der Waals surface area contributed by atoms with Crippen LogP contribution in [0.5, 0.6) is 0 Å². The number of hydrogen-bond acceptors (Lipinski definition) is 1. The van der Waals surface area contributed by atoms with Crippen molar-refractivity contribution in [2.45, 2.75) is 47.0 Å². The highest BCUT2D eigenvalue weighted by molar-refractivity contribution is 6.18. The second kappa shape index (κ2) is 7.53. The molecule has 0 bridgehead atoms. The summed E-state index contributed by atoms with van der Waals surface area (Å²) in [5.41, 5.74) is 0.315. The van der Waals surface area contributed by atoms with Crippen molar-refractivity contribution in [2.75, 3.05) is 19.0 Å². The van der Waals surface area contributed by atoms with Crippen LogP contribution in [0.25, 0.3) is 0 Å². The van der Waals surface area contributed by atoms with E-state index in [0.717, 1.165) is 24.9 Å². The Bertz CT molecular complexity index is 124. The van der Waals surface area contributed by atoms with Gasteiger partial charge in [-0.25, -0.2) is 0 Å². The lowest BCUT2D eigenvalue weighted by atomic mass is 9.84. The molecule has 1 N–H and O–H groups in total. The van der Waals surface area contributed by atoms with Gasteiger partial charge >= 0.3 is 0 Å². The largest absolute Gasteiger partial charge is 0.316 e. The van der Waals surface area contributed by atoms with Crippen LogP contribution in [0.4, 0.5) is 0 Å². The third-order valence-electron chi connectivity index (χ3n) is 3.47. The van der Waals surface area contributed by atoms with Gasteiger partial charge in [-0.15, -0.1) is 11.6 Å². The van der Waals surface area contributed by atoms with E-state index in [0.29, 0.717) is 5.41 Å². The first-order valence-corrected chi connectivity index (χ1v) is 6.44. The first kappa shape index (κ1) is 14.2. The highest BCUT2D eigenvalue weighted by Gasteiger charge is 2.24. The lowest BCUT2D eigenvalue weighted by Gasteiger charge is -2.30. The minimum absolute atomic E-state index is 0.315. The molecule has 0 aliphatic heterocycles. The Morgan fingerprint density at radius 2 is 1.79 bits per heavy atom. The van der Waals surface area contributed by atoms with Crippen LogP contribution in [0.2, 0.25) is 0 Å². The molecule has 0 saturated heterocycles. The molecule has 0 aromatic rings. The summed E-state index contributed by atoms with van der Waals surface area (Å²) in [6, 6.07) is 0. The molecule has 0 fully saturated rings. The quantitative estimate of drug-likeness (QED) is 0.615. The van der Waals surface area contributed by atoms with Crippen LogP contribution >= 0.6 is 11.6 Å². The molecule has 0 spiro atoms. The Kier molecular flexibility index (Phi) is 7.66. The molecule has 86 valence electrons. The van der Waals surface area contributed by atoms with Crippen molar-refractivity contribution < 1.29 is 0 Å². The summed E-state index contributed by atoms with van der Waals surface area (Å²) in [6.07, 6.45) is 3.58. The van der Waals surface area contributed by atoms with E-state index < -0.39 is 0 Å². The van der Waals surface area contributed by atoms with E-state index in [4.69, 9.17) is 11.6 Å². The Labute approximate surface area is 94.6 Å². The Morgan fingerprint density at radius 3 is 2.14 bits per heavy atom. The van der Waals surface area contributed by atoms with Gasteiger partial charge in [0.2, 0.25) is 0 Å². The topological polar surface area (TPSA) is 12.0 Å². The Balaban J connectivity index is 3.82. The summed E-state index contributed by atoms with van der Waals surface area (Å²) in [5.74, 6) is 1.55. The molecule has 1 nitrogen and oxygen atoms in total. The zero-order valence-electron chi connectivity index (χ0n) is 10.2. The van der Waals surface area contributed by atoms with E-state index in [1.54, 1.807) is 0 Å². The lowest BCUT2D eigenvalue weighted by molar-refractivity contribution is 0.279. The molecule has 0 rings (SSSR count). The third kappa shape index (κ3) is 4.65.